The summed E-state index contributed by atoms with van der Waals surface area (Å²) in [6, 6.07) is 2.94. The number of sulfonamides is 1. The molecule has 1 aliphatic rings. The van der Waals surface area contributed by atoms with Crippen LogP contribution < -0.4 is 5.14 Å². The van der Waals surface area contributed by atoms with Crippen LogP contribution in [0.1, 0.15) is 23.2 Å². The van der Waals surface area contributed by atoms with Gasteiger partial charge in [-0.1, -0.05) is 0 Å². The number of hydrogen-bond acceptors (Lipinski definition) is 4. The average Bonchev–Trinajstić information content (AvgIpc) is 2.86. The van der Waals surface area contributed by atoms with Crippen molar-refractivity contribution in [3.63, 3.8) is 0 Å². The van der Waals surface area contributed by atoms with Crippen molar-refractivity contribution in [1.29, 1.82) is 0 Å². The maximum Gasteiger partial charge on any atom is 0.326 e. The number of benzene rings is 1. The molecular formula is C12H13BrN2O5S. The van der Waals surface area contributed by atoms with Gasteiger partial charge in [-0.05, 0) is 47.0 Å². The lowest BCUT2D eigenvalue weighted by Crippen LogP contribution is -2.40. The molecule has 7 nitrogen and oxygen atoms in total. The minimum Gasteiger partial charge on any atom is -0.480 e. The van der Waals surface area contributed by atoms with E-state index in [4.69, 9.17) is 10.2 Å². The first kappa shape index (κ1) is 15.9. The third-order valence-corrected chi connectivity index (χ3v) is 4.90. The Bertz CT molecular complexity index is 704. The Kier molecular flexibility index (Phi) is 4.35. The first-order valence-electron chi connectivity index (χ1n) is 6.08. The summed E-state index contributed by atoms with van der Waals surface area (Å²) >= 11 is 3.17. The van der Waals surface area contributed by atoms with Gasteiger partial charge in [0, 0.05) is 11.0 Å². The van der Waals surface area contributed by atoms with Crippen molar-refractivity contribution in [1.82, 2.24) is 4.90 Å². The lowest BCUT2D eigenvalue weighted by molar-refractivity contribution is -0.141. The minimum atomic E-state index is -3.94. The monoisotopic (exact) mass is 376 g/mol. The normalized spacial score (nSPS) is 18.8. The van der Waals surface area contributed by atoms with Crippen LogP contribution in [0.5, 0.6) is 0 Å². The number of carbonyl (C=O) groups is 2. The van der Waals surface area contributed by atoms with E-state index in [1.54, 1.807) is 0 Å². The lowest BCUT2D eigenvalue weighted by atomic mass is 10.1. The Morgan fingerprint density at radius 1 is 1.38 bits per heavy atom. The Hall–Kier alpha value is -1.45. The number of amides is 1. The largest absolute Gasteiger partial charge is 0.480 e. The number of rotatable bonds is 3. The van der Waals surface area contributed by atoms with E-state index >= 15 is 0 Å². The molecule has 1 aromatic rings. The molecule has 21 heavy (non-hydrogen) atoms. The van der Waals surface area contributed by atoms with Gasteiger partial charge in [-0.3, -0.25) is 4.79 Å². The standard InChI is InChI=1S/C12H13BrN2O5S/c13-9-4-3-7(21(14,19)20)6-8(9)11(16)15-5-1-2-10(15)12(17)18/h3-4,6,10H,1-2,5H2,(H,17,18)(H2,14,19,20)/t10-/m1/s1. The van der Waals surface area contributed by atoms with Crippen molar-refractivity contribution in [2.45, 2.75) is 23.8 Å². The highest BCUT2D eigenvalue weighted by Gasteiger charge is 2.35. The smallest absolute Gasteiger partial charge is 0.326 e. The van der Waals surface area contributed by atoms with Gasteiger partial charge in [-0.15, -0.1) is 0 Å². The number of carbonyl (C=O) groups excluding carboxylic acids is 1. The quantitative estimate of drug-likeness (QED) is 0.808. The molecule has 0 bridgehead atoms. The Labute approximate surface area is 129 Å². The molecular weight excluding hydrogens is 364 g/mol. The van der Waals surface area contributed by atoms with Crippen molar-refractivity contribution >= 4 is 37.8 Å². The van der Waals surface area contributed by atoms with Crippen molar-refractivity contribution in [3.05, 3.63) is 28.2 Å². The summed E-state index contributed by atoms with van der Waals surface area (Å²) in [5.74, 6) is -1.60. The maximum absolute atomic E-state index is 12.5. The fourth-order valence-electron chi connectivity index (χ4n) is 2.27. The third kappa shape index (κ3) is 3.25. The van der Waals surface area contributed by atoms with Gasteiger partial charge >= 0.3 is 5.97 Å². The molecule has 0 aliphatic carbocycles. The summed E-state index contributed by atoms with van der Waals surface area (Å²) in [5, 5.41) is 14.2. The Balaban J connectivity index is 2.41. The predicted octanol–water partition coefficient (Wildman–Crippen LogP) is 0.786. The second-order valence-electron chi connectivity index (χ2n) is 4.68. The number of nitrogens with two attached hydrogens (primary N) is 1. The van der Waals surface area contributed by atoms with E-state index in [0.717, 1.165) is 6.07 Å². The van der Waals surface area contributed by atoms with Gasteiger partial charge in [0.15, 0.2) is 0 Å². The van der Waals surface area contributed by atoms with Gasteiger partial charge in [-0.2, -0.15) is 0 Å². The average molecular weight is 377 g/mol. The number of carboxylic acids is 1. The maximum atomic E-state index is 12.5. The highest BCUT2D eigenvalue weighted by Crippen LogP contribution is 2.26. The molecule has 0 aromatic heterocycles. The molecule has 2 rings (SSSR count). The number of aliphatic carboxylic acids is 1. The summed E-state index contributed by atoms with van der Waals surface area (Å²) < 4.78 is 23.1. The van der Waals surface area contributed by atoms with E-state index < -0.39 is 27.9 Å². The van der Waals surface area contributed by atoms with Crippen molar-refractivity contribution in [2.24, 2.45) is 5.14 Å². The fourth-order valence-corrected chi connectivity index (χ4v) is 3.22. The van der Waals surface area contributed by atoms with Crippen molar-refractivity contribution in [3.8, 4) is 0 Å². The van der Waals surface area contributed by atoms with Crippen LogP contribution in [0.3, 0.4) is 0 Å². The number of nitrogens with zero attached hydrogens (tertiary/aromatic N) is 1. The second-order valence-corrected chi connectivity index (χ2v) is 7.10. The molecule has 0 saturated carbocycles. The van der Waals surface area contributed by atoms with Gasteiger partial charge in [0.25, 0.3) is 5.91 Å². The number of likely N-dealkylation sites (tertiary alicyclic amines) is 1. The number of carboxylic acid groups (broad SMARTS) is 1. The summed E-state index contributed by atoms with van der Waals surface area (Å²) in [6.45, 7) is 0.321. The summed E-state index contributed by atoms with van der Waals surface area (Å²) in [4.78, 5) is 24.6. The minimum absolute atomic E-state index is 0.0784. The fraction of sp³-hybridized carbons (Fsp3) is 0.333. The molecule has 1 heterocycles. The second kappa shape index (κ2) is 5.74. The highest BCUT2D eigenvalue weighted by atomic mass is 79.9. The van der Waals surface area contributed by atoms with Crippen LogP contribution in [0, 0.1) is 0 Å². The molecule has 1 amide bonds. The Morgan fingerprint density at radius 2 is 2.05 bits per heavy atom. The molecule has 0 spiro atoms. The Morgan fingerprint density at radius 3 is 2.62 bits per heavy atom. The van der Waals surface area contributed by atoms with Crippen molar-refractivity contribution < 1.29 is 23.1 Å². The van der Waals surface area contributed by atoms with Gasteiger partial charge < -0.3 is 10.0 Å². The molecule has 0 radical (unpaired) electrons. The predicted molar refractivity (Wildman–Crippen MR) is 77.2 cm³/mol. The van der Waals surface area contributed by atoms with Gasteiger partial charge in [-0.25, -0.2) is 18.4 Å². The van der Waals surface area contributed by atoms with Crippen LogP contribution in [0.25, 0.3) is 0 Å². The van der Waals surface area contributed by atoms with E-state index in [9.17, 15) is 18.0 Å². The molecule has 9 heteroatoms. The lowest BCUT2D eigenvalue weighted by Gasteiger charge is -2.22. The van der Waals surface area contributed by atoms with Crippen LogP contribution in [-0.4, -0.2) is 42.9 Å². The zero-order chi connectivity index (χ0) is 15.8. The first-order valence-corrected chi connectivity index (χ1v) is 8.42. The van der Waals surface area contributed by atoms with Crippen LogP contribution in [0.15, 0.2) is 27.6 Å². The molecule has 1 fully saturated rings. The van der Waals surface area contributed by atoms with E-state index in [2.05, 4.69) is 15.9 Å². The summed E-state index contributed by atoms with van der Waals surface area (Å²) in [5.41, 5.74) is 0.0784. The molecule has 1 aliphatic heterocycles. The van der Waals surface area contributed by atoms with E-state index in [1.165, 1.54) is 17.0 Å². The first-order chi connectivity index (χ1) is 9.71. The van der Waals surface area contributed by atoms with Crippen molar-refractivity contribution in [2.75, 3.05) is 6.54 Å². The molecule has 3 N–H and O–H groups in total. The molecule has 114 valence electrons. The number of halogens is 1. The van der Waals surface area contributed by atoms with Crippen LogP contribution >= 0.6 is 15.9 Å². The zero-order valence-electron chi connectivity index (χ0n) is 10.8. The SMILES string of the molecule is NS(=O)(=O)c1ccc(Br)c(C(=O)N2CCC[C@@H]2C(=O)O)c1. The number of hydrogen-bond donors (Lipinski definition) is 2. The molecule has 1 aromatic carbocycles. The molecule has 1 atom stereocenters. The van der Waals surface area contributed by atoms with E-state index in [-0.39, 0.29) is 10.5 Å². The van der Waals surface area contributed by atoms with Crippen LogP contribution in [0.2, 0.25) is 0 Å². The van der Waals surface area contributed by atoms with Crippen LogP contribution in [-0.2, 0) is 14.8 Å². The topological polar surface area (TPSA) is 118 Å². The van der Waals surface area contributed by atoms with Gasteiger partial charge in [0.2, 0.25) is 10.0 Å². The molecule has 0 unspecified atom stereocenters. The summed E-state index contributed by atoms with van der Waals surface area (Å²) in [7, 11) is -3.94. The summed E-state index contributed by atoms with van der Waals surface area (Å²) in [6.07, 6.45) is 0.975. The zero-order valence-corrected chi connectivity index (χ0v) is 13.2. The van der Waals surface area contributed by atoms with Gasteiger partial charge in [0.05, 0.1) is 10.5 Å². The number of primary sulfonamides is 1. The van der Waals surface area contributed by atoms with Gasteiger partial charge in [0.1, 0.15) is 6.04 Å². The third-order valence-electron chi connectivity index (χ3n) is 3.30. The van der Waals surface area contributed by atoms with Crippen LogP contribution in [0.4, 0.5) is 0 Å². The van der Waals surface area contributed by atoms with E-state index in [1.807, 2.05) is 0 Å². The van der Waals surface area contributed by atoms with E-state index in [0.29, 0.717) is 23.9 Å². The molecule has 1 saturated heterocycles. The highest BCUT2D eigenvalue weighted by molar-refractivity contribution is 9.10.